The van der Waals surface area contributed by atoms with Gasteiger partial charge in [0.15, 0.2) is 0 Å². The van der Waals surface area contributed by atoms with E-state index in [4.69, 9.17) is 9.47 Å². The van der Waals surface area contributed by atoms with Crippen LogP contribution in [0.2, 0.25) is 0 Å². The third-order valence-electron chi connectivity index (χ3n) is 13.3. The Kier molecular flexibility index (Phi) is 4.51. The van der Waals surface area contributed by atoms with Gasteiger partial charge in [-0.25, -0.2) is 0 Å². The van der Waals surface area contributed by atoms with Crippen LogP contribution in [0, 0.1) is 51.5 Å². The fourth-order valence-corrected chi connectivity index (χ4v) is 12.1. The van der Waals surface area contributed by atoms with E-state index >= 15 is 0 Å². The molecule has 7 fully saturated rings. The third-order valence-corrected chi connectivity index (χ3v) is 13.3. The molecule has 34 heavy (non-hydrogen) atoms. The topological polar surface area (TPSA) is 61.9 Å². The van der Waals surface area contributed by atoms with Gasteiger partial charge in [-0.1, -0.05) is 27.7 Å². The van der Waals surface area contributed by atoms with Crippen molar-refractivity contribution in [1.82, 2.24) is 0 Å². The molecule has 0 aromatic heterocycles. The maximum Gasteiger partial charge on any atom is 0.302 e. The Balaban J connectivity index is 1.19. The van der Waals surface area contributed by atoms with Crippen molar-refractivity contribution >= 4 is 5.97 Å². The highest BCUT2D eigenvalue weighted by atomic mass is 16.6. The molecule has 0 aromatic carbocycles. The monoisotopic (exact) mass is 471 g/mol. The maximum atomic E-state index is 14.5. The van der Waals surface area contributed by atoms with Gasteiger partial charge in [-0.3, -0.25) is 4.79 Å². The third kappa shape index (κ3) is 2.55. The van der Waals surface area contributed by atoms with Crippen molar-refractivity contribution in [3.8, 4) is 0 Å². The number of rotatable bonds is 1. The first-order valence-corrected chi connectivity index (χ1v) is 14.5. The molecule has 5 heteroatoms. The molecule has 3 heterocycles. The van der Waals surface area contributed by atoms with E-state index in [2.05, 4.69) is 27.7 Å². The summed E-state index contributed by atoms with van der Waals surface area (Å²) in [7, 11) is 0. The van der Waals surface area contributed by atoms with Crippen LogP contribution in [0.15, 0.2) is 0 Å². The van der Waals surface area contributed by atoms with Gasteiger partial charge < -0.3 is 19.3 Å². The number of quaternary nitrogens is 1. The number of ether oxygens (including phenoxy) is 2. The Morgan fingerprint density at radius 3 is 2.59 bits per heavy atom. The van der Waals surface area contributed by atoms with Crippen molar-refractivity contribution in [2.75, 3.05) is 6.54 Å². The smallest absolute Gasteiger partial charge is 0.302 e. The molecule has 3 saturated heterocycles. The van der Waals surface area contributed by atoms with Gasteiger partial charge in [-0.2, -0.15) is 0 Å². The van der Waals surface area contributed by atoms with Crippen LogP contribution in [-0.2, 0) is 14.3 Å². The van der Waals surface area contributed by atoms with Crippen molar-refractivity contribution in [3.05, 3.63) is 5.21 Å². The summed E-state index contributed by atoms with van der Waals surface area (Å²) in [6.45, 7) is 12.3. The zero-order valence-electron chi connectivity index (χ0n) is 21.9. The quantitative estimate of drug-likeness (QED) is 0.221. The first-order valence-electron chi connectivity index (χ1n) is 14.5. The van der Waals surface area contributed by atoms with Crippen LogP contribution in [0.25, 0.3) is 0 Å². The molecule has 0 bridgehead atoms. The molecule has 0 radical (unpaired) electrons. The predicted octanol–water partition coefficient (Wildman–Crippen LogP) is 5.45. The molecule has 0 unspecified atom stereocenters. The van der Waals surface area contributed by atoms with Crippen molar-refractivity contribution in [2.24, 2.45) is 46.3 Å². The fraction of sp³-hybridized carbons (Fsp3) is 0.966. The lowest BCUT2D eigenvalue weighted by molar-refractivity contribution is -0.926. The summed E-state index contributed by atoms with van der Waals surface area (Å²) in [5.74, 6) is 3.64. The van der Waals surface area contributed by atoms with E-state index in [0.29, 0.717) is 59.1 Å². The van der Waals surface area contributed by atoms with Crippen LogP contribution in [-0.4, -0.2) is 47.1 Å². The number of fused-ring (bicyclic) bond motifs is 8. The van der Waals surface area contributed by atoms with Crippen molar-refractivity contribution < 1.29 is 18.9 Å². The number of carbonyl (C=O) groups excluding carboxylic acids is 1. The van der Waals surface area contributed by atoms with Gasteiger partial charge in [0.05, 0.1) is 24.7 Å². The first-order chi connectivity index (χ1) is 16.0. The highest BCUT2D eigenvalue weighted by Gasteiger charge is 2.78. The van der Waals surface area contributed by atoms with Gasteiger partial charge in [0.2, 0.25) is 0 Å². The zero-order valence-corrected chi connectivity index (χ0v) is 21.9. The molecule has 1 spiro atoms. The molecule has 190 valence electrons. The lowest BCUT2D eigenvalue weighted by Crippen LogP contribution is -2.59. The molecule has 7 aliphatic rings. The van der Waals surface area contributed by atoms with E-state index in [1.54, 1.807) is 0 Å². The van der Waals surface area contributed by atoms with Gasteiger partial charge in [0.1, 0.15) is 11.7 Å². The normalized spacial score (nSPS) is 63.5. The van der Waals surface area contributed by atoms with Crippen LogP contribution >= 0.6 is 0 Å². The molecule has 7 rings (SSSR count). The van der Waals surface area contributed by atoms with E-state index < -0.39 is 0 Å². The number of esters is 1. The minimum Gasteiger partial charge on any atom is -0.632 e. The number of epoxide rings is 1. The summed E-state index contributed by atoms with van der Waals surface area (Å²) in [5, 5.41) is 14.5. The highest BCUT2D eigenvalue weighted by molar-refractivity contribution is 5.66. The molecule has 0 N–H and O–H groups in total. The van der Waals surface area contributed by atoms with Gasteiger partial charge in [-0.05, 0) is 61.7 Å². The molecule has 4 saturated carbocycles. The Morgan fingerprint density at radius 2 is 1.82 bits per heavy atom. The van der Waals surface area contributed by atoms with Crippen LogP contribution in [0.3, 0.4) is 0 Å². The molecule has 14 atom stereocenters. The molecule has 0 aromatic rings. The zero-order chi connectivity index (χ0) is 23.8. The molecular weight excluding hydrogens is 426 g/mol. The number of hydrogen-bond acceptors (Lipinski definition) is 4. The maximum absolute atomic E-state index is 14.5. The summed E-state index contributed by atoms with van der Waals surface area (Å²) in [4.78, 5) is 11.6. The van der Waals surface area contributed by atoms with Crippen LogP contribution < -0.4 is 0 Å². The van der Waals surface area contributed by atoms with Crippen molar-refractivity contribution in [1.29, 1.82) is 0 Å². The molecular formula is C29H45NO4. The number of hydrogen-bond donors (Lipinski definition) is 0. The number of piperidine rings is 1. The van der Waals surface area contributed by atoms with Gasteiger partial charge >= 0.3 is 5.97 Å². The Bertz CT molecular complexity index is 909. The second-order valence-corrected chi connectivity index (χ2v) is 14.5. The Hall–Kier alpha value is -0.650. The van der Waals surface area contributed by atoms with Crippen LogP contribution in [0.4, 0.5) is 0 Å². The van der Waals surface area contributed by atoms with E-state index in [0.717, 1.165) is 38.6 Å². The largest absolute Gasteiger partial charge is 0.632 e. The molecule has 0 amide bonds. The molecule has 5 nitrogen and oxygen atoms in total. The highest BCUT2D eigenvalue weighted by Crippen LogP contribution is 2.76. The van der Waals surface area contributed by atoms with E-state index in [9.17, 15) is 10.0 Å². The van der Waals surface area contributed by atoms with Gasteiger partial charge in [-0.15, -0.1) is 0 Å². The van der Waals surface area contributed by atoms with Gasteiger partial charge in [0, 0.05) is 49.4 Å². The SMILES string of the molecule is CC(=O)O[C@@H]1CC[C@]2(C)[C@@H]3CC[C@@]4(C)[C@H]5[C@H](C)[C@@H]6CC[C@H](C)C[N@@+]6([O-])[C@@H]5C[C@@H]4[C@@H]3C[C@@H]3O[C@@]32C1. The summed E-state index contributed by atoms with van der Waals surface area (Å²) in [5.41, 5.74) is 0.442. The van der Waals surface area contributed by atoms with E-state index in [1.807, 2.05) is 0 Å². The fourth-order valence-electron chi connectivity index (χ4n) is 12.1. The summed E-state index contributed by atoms with van der Waals surface area (Å²) in [6, 6.07) is 0.678. The number of nitrogens with zero attached hydrogens (tertiary/aromatic N) is 1. The van der Waals surface area contributed by atoms with Crippen molar-refractivity contribution in [2.45, 2.75) is 122 Å². The Morgan fingerprint density at radius 1 is 1.03 bits per heavy atom. The molecule has 4 aliphatic carbocycles. The summed E-state index contributed by atoms with van der Waals surface area (Å²) in [6.07, 6.45) is 10.6. The summed E-state index contributed by atoms with van der Waals surface area (Å²) < 4.78 is 12.5. The molecule has 3 aliphatic heterocycles. The lowest BCUT2D eigenvalue weighted by atomic mass is 9.44. The number of carbonyl (C=O) groups is 1. The second kappa shape index (κ2) is 6.81. The minimum absolute atomic E-state index is 0.0236. The standard InChI is InChI=1S/C29H45NO4/c1-16-6-7-23-17(2)26-24(30(23,32)15-16)13-22-20-12-25-29(34-25)14-19(33-18(3)31)8-11-28(29,5)21(20)9-10-27(22,26)4/h16-17,19-26H,6-15H2,1-5H3/t16-,17+,19+,20+,21+,22+,23-,24+,25-,26-,27+,28+,29-,30-/m0/s1. The van der Waals surface area contributed by atoms with E-state index in [1.165, 1.54) is 32.6 Å². The average Bonchev–Trinajstić information content (AvgIpc) is 3.27. The van der Waals surface area contributed by atoms with Crippen LogP contribution in [0.1, 0.15) is 92.4 Å². The van der Waals surface area contributed by atoms with Crippen LogP contribution in [0.5, 0.6) is 0 Å². The van der Waals surface area contributed by atoms with Gasteiger partial charge in [0.25, 0.3) is 0 Å². The lowest BCUT2D eigenvalue weighted by Gasteiger charge is -2.59. The number of hydroxylamine groups is 3. The average molecular weight is 472 g/mol. The van der Waals surface area contributed by atoms with Crippen molar-refractivity contribution in [3.63, 3.8) is 0 Å². The van der Waals surface area contributed by atoms with E-state index in [-0.39, 0.29) is 27.7 Å². The Labute approximate surface area is 205 Å². The summed E-state index contributed by atoms with van der Waals surface area (Å²) >= 11 is 0. The predicted molar refractivity (Wildman–Crippen MR) is 129 cm³/mol. The minimum atomic E-state index is -0.157. The second-order valence-electron chi connectivity index (χ2n) is 14.5. The first kappa shape index (κ1) is 22.5.